The molecule has 0 bridgehead atoms. The molecule has 3 rings (SSSR count). The first-order valence-electron chi connectivity index (χ1n) is 7.24. The summed E-state index contributed by atoms with van der Waals surface area (Å²) in [6.07, 6.45) is 1.04. The van der Waals surface area contributed by atoms with Gasteiger partial charge >= 0.3 is 0 Å². The van der Waals surface area contributed by atoms with Gasteiger partial charge in [-0.15, -0.1) is 0 Å². The highest BCUT2D eigenvalue weighted by molar-refractivity contribution is 7.92. The predicted octanol–water partition coefficient (Wildman–Crippen LogP) is 2.74. The predicted molar refractivity (Wildman–Crippen MR) is 90.1 cm³/mol. The van der Waals surface area contributed by atoms with Gasteiger partial charge in [-0.2, -0.15) is 13.5 Å². The topological polar surface area (TPSA) is 104 Å². The number of anilines is 2. The minimum atomic E-state index is -4.18. The lowest BCUT2D eigenvalue weighted by Gasteiger charge is -2.09. The summed E-state index contributed by atoms with van der Waals surface area (Å²) in [6, 6.07) is 9.77. The van der Waals surface area contributed by atoms with Gasteiger partial charge in [0.2, 0.25) is 0 Å². The van der Waals surface area contributed by atoms with Crippen LogP contribution in [0.25, 0.3) is 0 Å². The standard InChI is InChI=1S/C16H12F2N4O3S/c17-10-4-6-12(7-5-10)22-26(24,25)16-14(9-19-21-16)15(23)20-13-3-1-2-11(18)8-13/h1-9,22H,(H,19,21)(H,20,23). The van der Waals surface area contributed by atoms with E-state index in [4.69, 9.17) is 0 Å². The van der Waals surface area contributed by atoms with Gasteiger partial charge in [-0.25, -0.2) is 8.78 Å². The lowest BCUT2D eigenvalue weighted by atomic mass is 10.3. The summed E-state index contributed by atoms with van der Waals surface area (Å²) in [7, 11) is -4.18. The Balaban J connectivity index is 1.84. The van der Waals surface area contributed by atoms with Crippen molar-refractivity contribution in [2.24, 2.45) is 0 Å². The molecule has 134 valence electrons. The van der Waals surface area contributed by atoms with Crippen molar-refractivity contribution in [1.29, 1.82) is 0 Å². The van der Waals surface area contributed by atoms with Gasteiger partial charge in [0.15, 0.2) is 5.03 Å². The molecule has 0 spiro atoms. The van der Waals surface area contributed by atoms with Gasteiger partial charge in [0.1, 0.15) is 11.6 Å². The van der Waals surface area contributed by atoms with Crippen LogP contribution in [0, 0.1) is 11.6 Å². The van der Waals surface area contributed by atoms with E-state index in [-0.39, 0.29) is 16.9 Å². The van der Waals surface area contributed by atoms with Gasteiger partial charge < -0.3 is 5.32 Å². The van der Waals surface area contributed by atoms with Crippen LogP contribution in [-0.2, 0) is 10.0 Å². The fourth-order valence-electron chi connectivity index (χ4n) is 2.13. The van der Waals surface area contributed by atoms with Crippen LogP contribution in [0.3, 0.4) is 0 Å². The number of aromatic nitrogens is 2. The Morgan fingerprint density at radius 2 is 1.73 bits per heavy atom. The van der Waals surface area contributed by atoms with Crippen molar-refractivity contribution >= 4 is 27.3 Å². The lowest BCUT2D eigenvalue weighted by molar-refractivity contribution is 0.102. The minimum absolute atomic E-state index is 0.109. The number of carbonyl (C=O) groups is 1. The van der Waals surface area contributed by atoms with Crippen molar-refractivity contribution in [2.75, 3.05) is 10.0 Å². The number of carbonyl (C=O) groups excluding carboxylic acids is 1. The summed E-state index contributed by atoms with van der Waals surface area (Å²) in [5, 5.41) is 7.74. The summed E-state index contributed by atoms with van der Waals surface area (Å²) in [5.74, 6) is -1.87. The van der Waals surface area contributed by atoms with E-state index in [9.17, 15) is 22.0 Å². The lowest BCUT2D eigenvalue weighted by Crippen LogP contribution is -2.19. The van der Waals surface area contributed by atoms with Gasteiger partial charge in [-0.1, -0.05) is 6.07 Å². The van der Waals surface area contributed by atoms with Gasteiger partial charge in [0.25, 0.3) is 15.9 Å². The number of H-pyrrole nitrogens is 1. The first-order chi connectivity index (χ1) is 12.3. The van der Waals surface area contributed by atoms with E-state index in [1.165, 1.54) is 30.3 Å². The van der Waals surface area contributed by atoms with E-state index >= 15 is 0 Å². The molecule has 1 amide bonds. The maximum absolute atomic E-state index is 13.2. The van der Waals surface area contributed by atoms with Crippen LogP contribution >= 0.6 is 0 Å². The number of nitrogens with zero attached hydrogens (tertiary/aromatic N) is 1. The zero-order chi connectivity index (χ0) is 18.7. The molecule has 0 unspecified atom stereocenters. The molecular weight excluding hydrogens is 366 g/mol. The molecule has 0 radical (unpaired) electrons. The summed E-state index contributed by atoms with van der Waals surface area (Å²) >= 11 is 0. The zero-order valence-corrected chi connectivity index (χ0v) is 13.8. The van der Waals surface area contributed by atoms with Crippen LogP contribution in [0.15, 0.2) is 59.8 Å². The number of hydrogen-bond donors (Lipinski definition) is 3. The number of aromatic amines is 1. The Hall–Kier alpha value is -3.27. The average Bonchev–Trinajstić information content (AvgIpc) is 3.08. The van der Waals surface area contributed by atoms with Crippen LogP contribution in [0.5, 0.6) is 0 Å². The summed E-state index contributed by atoms with van der Waals surface area (Å²) in [4.78, 5) is 12.3. The highest BCUT2D eigenvalue weighted by Crippen LogP contribution is 2.19. The van der Waals surface area contributed by atoms with E-state index in [1.54, 1.807) is 0 Å². The van der Waals surface area contributed by atoms with Crippen molar-refractivity contribution in [2.45, 2.75) is 5.03 Å². The molecule has 1 heterocycles. The molecular formula is C16H12F2N4O3S. The molecule has 0 atom stereocenters. The molecule has 26 heavy (non-hydrogen) atoms. The third-order valence-corrected chi connectivity index (χ3v) is 4.65. The fourth-order valence-corrected chi connectivity index (χ4v) is 3.29. The van der Waals surface area contributed by atoms with Crippen LogP contribution in [0.2, 0.25) is 0 Å². The quantitative estimate of drug-likeness (QED) is 0.635. The van der Waals surface area contributed by atoms with E-state index in [0.29, 0.717) is 0 Å². The van der Waals surface area contributed by atoms with E-state index in [0.717, 1.165) is 24.4 Å². The molecule has 0 aliphatic rings. The second-order valence-corrected chi connectivity index (χ2v) is 6.81. The SMILES string of the molecule is O=C(Nc1cccc(F)c1)c1cn[nH]c1S(=O)(=O)Nc1ccc(F)cc1. The summed E-state index contributed by atoms with van der Waals surface area (Å²) in [5.41, 5.74) is 0.00685. The Bertz CT molecular complexity index is 1050. The van der Waals surface area contributed by atoms with Crippen molar-refractivity contribution in [3.8, 4) is 0 Å². The molecule has 3 N–H and O–H groups in total. The van der Waals surface area contributed by atoms with Crippen LogP contribution in [0.4, 0.5) is 20.2 Å². The highest BCUT2D eigenvalue weighted by Gasteiger charge is 2.25. The summed E-state index contributed by atoms with van der Waals surface area (Å²) < 4.78 is 53.3. The van der Waals surface area contributed by atoms with Crippen molar-refractivity contribution < 1.29 is 22.0 Å². The van der Waals surface area contributed by atoms with Gasteiger partial charge in [0, 0.05) is 11.4 Å². The van der Waals surface area contributed by atoms with Crippen LogP contribution in [0.1, 0.15) is 10.4 Å². The van der Waals surface area contributed by atoms with Crippen molar-refractivity contribution in [3.63, 3.8) is 0 Å². The average molecular weight is 378 g/mol. The number of hydrogen-bond acceptors (Lipinski definition) is 4. The van der Waals surface area contributed by atoms with Crippen molar-refractivity contribution in [3.05, 3.63) is 71.9 Å². The Morgan fingerprint density at radius 1 is 1.00 bits per heavy atom. The Kier molecular flexibility index (Phi) is 4.67. The number of benzene rings is 2. The molecule has 0 aliphatic carbocycles. The molecule has 1 aromatic heterocycles. The third kappa shape index (κ3) is 3.86. The number of amides is 1. The van der Waals surface area contributed by atoms with Gasteiger partial charge in [-0.3, -0.25) is 14.6 Å². The van der Waals surface area contributed by atoms with E-state index in [1.807, 2.05) is 0 Å². The molecule has 0 fully saturated rings. The molecule has 10 heteroatoms. The second-order valence-electron chi connectivity index (χ2n) is 5.19. The van der Waals surface area contributed by atoms with Gasteiger partial charge in [0.05, 0.1) is 11.8 Å². The Morgan fingerprint density at radius 3 is 2.42 bits per heavy atom. The van der Waals surface area contributed by atoms with Crippen molar-refractivity contribution in [1.82, 2.24) is 10.2 Å². The van der Waals surface area contributed by atoms with E-state index < -0.39 is 32.6 Å². The normalized spacial score (nSPS) is 11.2. The number of sulfonamides is 1. The number of halogens is 2. The smallest absolute Gasteiger partial charge is 0.279 e. The third-order valence-electron chi connectivity index (χ3n) is 3.30. The highest BCUT2D eigenvalue weighted by atomic mass is 32.2. The maximum Gasteiger partial charge on any atom is 0.279 e. The first kappa shape index (κ1) is 17.5. The second kappa shape index (κ2) is 6.92. The van der Waals surface area contributed by atoms with E-state index in [2.05, 4.69) is 20.2 Å². The number of nitrogens with one attached hydrogen (secondary N) is 3. The largest absolute Gasteiger partial charge is 0.322 e. The minimum Gasteiger partial charge on any atom is -0.322 e. The van der Waals surface area contributed by atoms with Crippen LogP contribution in [-0.4, -0.2) is 24.5 Å². The van der Waals surface area contributed by atoms with Crippen LogP contribution < -0.4 is 10.0 Å². The molecule has 0 saturated heterocycles. The summed E-state index contributed by atoms with van der Waals surface area (Å²) in [6.45, 7) is 0. The number of rotatable bonds is 5. The first-order valence-corrected chi connectivity index (χ1v) is 8.72. The molecule has 3 aromatic rings. The fraction of sp³-hybridized carbons (Fsp3) is 0. The zero-order valence-electron chi connectivity index (χ0n) is 13.0. The molecule has 0 saturated carbocycles. The molecule has 0 aliphatic heterocycles. The Labute approximate surface area is 147 Å². The maximum atomic E-state index is 13.2. The monoisotopic (exact) mass is 378 g/mol. The molecule has 7 nitrogen and oxygen atoms in total. The van der Waals surface area contributed by atoms with Gasteiger partial charge in [-0.05, 0) is 42.5 Å². The molecule has 2 aromatic carbocycles.